The molecule has 0 saturated carbocycles. The van der Waals surface area contributed by atoms with Gasteiger partial charge in [-0.3, -0.25) is 4.90 Å². The molecular weight excluding hydrogens is 204 g/mol. The topological polar surface area (TPSA) is 65.1 Å². The van der Waals surface area contributed by atoms with Crippen molar-refractivity contribution in [2.45, 2.75) is 32.2 Å². The van der Waals surface area contributed by atoms with Crippen LogP contribution in [-0.2, 0) is 0 Å². The first kappa shape index (κ1) is 13.3. The van der Waals surface area contributed by atoms with Gasteiger partial charge in [0.25, 0.3) is 0 Å². The minimum absolute atomic E-state index is 0.333. The van der Waals surface area contributed by atoms with Gasteiger partial charge in [-0.2, -0.15) is 0 Å². The first-order valence-corrected chi connectivity index (χ1v) is 6.02. The Bertz CT molecular complexity index is 232. The highest BCUT2D eigenvalue weighted by molar-refractivity contribution is 5.79. The Morgan fingerprint density at radius 1 is 1.50 bits per heavy atom. The van der Waals surface area contributed by atoms with E-state index < -0.39 is 0 Å². The third-order valence-electron chi connectivity index (χ3n) is 3.19. The molecule has 0 aromatic carbocycles. The monoisotopic (exact) mass is 228 g/mol. The highest BCUT2D eigenvalue weighted by Crippen LogP contribution is 2.09. The molecule has 1 aliphatic rings. The fraction of sp³-hybridized carbons (Fsp3) is 0.909. The Morgan fingerprint density at radius 2 is 2.25 bits per heavy atom. The molecule has 1 atom stereocenters. The Hall–Kier alpha value is -0.810. The average molecular weight is 228 g/mol. The zero-order valence-electron chi connectivity index (χ0n) is 10.4. The van der Waals surface area contributed by atoms with Gasteiger partial charge in [0.15, 0.2) is 0 Å². The Balaban J connectivity index is 2.29. The van der Waals surface area contributed by atoms with Gasteiger partial charge in [-0.05, 0) is 46.4 Å². The van der Waals surface area contributed by atoms with Crippen molar-refractivity contribution in [1.29, 1.82) is 0 Å². The Morgan fingerprint density at radius 3 is 2.94 bits per heavy atom. The van der Waals surface area contributed by atoms with Gasteiger partial charge in [0.2, 0.25) is 0 Å². The number of nitrogens with two attached hydrogens (primary N) is 1. The van der Waals surface area contributed by atoms with Crippen molar-refractivity contribution in [1.82, 2.24) is 9.80 Å². The lowest BCUT2D eigenvalue weighted by Crippen LogP contribution is -2.38. The van der Waals surface area contributed by atoms with Gasteiger partial charge >= 0.3 is 0 Å². The summed E-state index contributed by atoms with van der Waals surface area (Å²) in [6, 6.07) is 0.597. The zero-order chi connectivity index (χ0) is 12.0. The first-order chi connectivity index (χ1) is 7.63. The second-order valence-corrected chi connectivity index (χ2v) is 4.70. The fourth-order valence-electron chi connectivity index (χ4n) is 2.27. The van der Waals surface area contributed by atoms with Crippen molar-refractivity contribution < 1.29 is 5.21 Å². The van der Waals surface area contributed by atoms with Crippen LogP contribution in [0.15, 0.2) is 5.16 Å². The van der Waals surface area contributed by atoms with Crippen LogP contribution in [0.1, 0.15) is 26.2 Å². The van der Waals surface area contributed by atoms with Crippen LogP contribution in [0.25, 0.3) is 0 Å². The summed E-state index contributed by atoms with van der Waals surface area (Å²) in [5.74, 6) is 0.333. The molecule has 5 nitrogen and oxygen atoms in total. The van der Waals surface area contributed by atoms with Gasteiger partial charge in [-0.25, -0.2) is 0 Å². The van der Waals surface area contributed by atoms with E-state index in [0.717, 1.165) is 26.1 Å². The van der Waals surface area contributed by atoms with Crippen molar-refractivity contribution >= 4 is 5.84 Å². The molecule has 0 aliphatic carbocycles. The van der Waals surface area contributed by atoms with Crippen LogP contribution in [0.2, 0.25) is 0 Å². The van der Waals surface area contributed by atoms with E-state index in [1.807, 2.05) is 0 Å². The van der Waals surface area contributed by atoms with E-state index in [2.05, 4.69) is 28.9 Å². The highest BCUT2D eigenvalue weighted by Gasteiger charge is 2.18. The number of nitrogens with zero attached hydrogens (tertiary/aromatic N) is 3. The molecule has 0 radical (unpaired) electrons. The van der Waals surface area contributed by atoms with Gasteiger partial charge in [0, 0.05) is 19.0 Å². The second kappa shape index (κ2) is 6.70. The molecule has 1 unspecified atom stereocenters. The maximum absolute atomic E-state index is 8.45. The summed E-state index contributed by atoms with van der Waals surface area (Å²) in [4.78, 5) is 4.88. The zero-order valence-corrected chi connectivity index (χ0v) is 10.4. The quantitative estimate of drug-likeness (QED) is 0.319. The summed E-state index contributed by atoms with van der Waals surface area (Å²) < 4.78 is 0. The second-order valence-electron chi connectivity index (χ2n) is 4.70. The lowest BCUT2D eigenvalue weighted by Gasteiger charge is -2.27. The summed E-state index contributed by atoms with van der Waals surface area (Å²) >= 11 is 0. The minimum Gasteiger partial charge on any atom is -0.409 e. The Kier molecular flexibility index (Phi) is 5.55. The van der Waals surface area contributed by atoms with Crippen LogP contribution < -0.4 is 5.73 Å². The van der Waals surface area contributed by atoms with Crippen molar-refractivity contribution in [3.63, 3.8) is 0 Å². The van der Waals surface area contributed by atoms with E-state index in [4.69, 9.17) is 10.9 Å². The lowest BCUT2D eigenvalue weighted by atomic mass is 10.2. The average Bonchev–Trinajstić information content (AvgIpc) is 2.40. The molecule has 0 aromatic heterocycles. The van der Waals surface area contributed by atoms with E-state index in [1.165, 1.54) is 13.0 Å². The van der Waals surface area contributed by atoms with Crippen LogP contribution in [0.4, 0.5) is 0 Å². The number of likely N-dealkylation sites (N-methyl/N-ethyl adjacent to an activating group) is 1. The molecule has 1 saturated heterocycles. The number of amidine groups is 1. The molecule has 1 rings (SSSR count). The molecule has 3 N–H and O–H groups in total. The van der Waals surface area contributed by atoms with Gasteiger partial charge in [0.05, 0.1) is 0 Å². The predicted octanol–water partition coefficient (Wildman–Crippen LogP) is 0.539. The summed E-state index contributed by atoms with van der Waals surface area (Å²) in [5, 5.41) is 11.4. The van der Waals surface area contributed by atoms with Gasteiger partial charge in [-0.1, -0.05) is 5.16 Å². The highest BCUT2D eigenvalue weighted by atomic mass is 16.4. The predicted molar refractivity (Wildman–Crippen MR) is 65.8 cm³/mol. The third-order valence-corrected chi connectivity index (χ3v) is 3.19. The van der Waals surface area contributed by atoms with Crippen LogP contribution in [-0.4, -0.2) is 60.1 Å². The third kappa shape index (κ3) is 4.37. The molecule has 1 aliphatic heterocycles. The largest absolute Gasteiger partial charge is 0.409 e. The molecule has 0 spiro atoms. The van der Waals surface area contributed by atoms with Crippen LogP contribution in [0.3, 0.4) is 0 Å². The van der Waals surface area contributed by atoms with Crippen LogP contribution in [0.5, 0.6) is 0 Å². The normalized spacial score (nSPS) is 25.6. The summed E-state index contributed by atoms with van der Waals surface area (Å²) in [6.45, 7) is 6.77. The van der Waals surface area contributed by atoms with E-state index >= 15 is 0 Å². The molecular formula is C11H24N4O. The minimum atomic E-state index is 0.333. The van der Waals surface area contributed by atoms with Crippen molar-refractivity contribution in [3.05, 3.63) is 0 Å². The van der Waals surface area contributed by atoms with Gasteiger partial charge in [0.1, 0.15) is 5.84 Å². The SMILES string of the molecule is CC1CN(C)CCCN1CCCC(N)=NO. The standard InChI is InChI=1S/C11H24N4O/c1-10-9-14(2)6-4-8-15(10)7-3-5-11(12)13-16/h10,16H,3-9H2,1-2H3,(H2,12,13). The van der Waals surface area contributed by atoms with Gasteiger partial charge in [-0.15, -0.1) is 0 Å². The van der Waals surface area contributed by atoms with E-state index in [0.29, 0.717) is 18.3 Å². The summed E-state index contributed by atoms with van der Waals surface area (Å²) in [5.41, 5.74) is 5.45. The summed E-state index contributed by atoms with van der Waals surface area (Å²) in [6.07, 6.45) is 2.86. The molecule has 0 amide bonds. The Labute approximate surface area is 97.9 Å². The van der Waals surface area contributed by atoms with Gasteiger partial charge < -0.3 is 15.8 Å². The van der Waals surface area contributed by atoms with E-state index in [1.54, 1.807) is 0 Å². The van der Waals surface area contributed by atoms with Crippen LogP contribution >= 0.6 is 0 Å². The number of hydrogen-bond donors (Lipinski definition) is 2. The molecule has 1 heterocycles. The van der Waals surface area contributed by atoms with E-state index in [-0.39, 0.29) is 0 Å². The van der Waals surface area contributed by atoms with Crippen LogP contribution in [0, 0.1) is 0 Å². The fourth-order valence-corrected chi connectivity index (χ4v) is 2.27. The maximum atomic E-state index is 8.45. The van der Waals surface area contributed by atoms with Crippen molar-refractivity contribution in [3.8, 4) is 0 Å². The lowest BCUT2D eigenvalue weighted by molar-refractivity contribution is 0.201. The summed E-state index contributed by atoms with van der Waals surface area (Å²) in [7, 11) is 2.18. The molecule has 16 heavy (non-hydrogen) atoms. The van der Waals surface area contributed by atoms with Crippen molar-refractivity contribution in [2.24, 2.45) is 10.9 Å². The molecule has 1 fully saturated rings. The smallest absolute Gasteiger partial charge is 0.139 e. The maximum Gasteiger partial charge on any atom is 0.139 e. The van der Waals surface area contributed by atoms with E-state index in [9.17, 15) is 0 Å². The molecule has 0 bridgehead atoms. The number of oxime groups is 1. The first-order valence-electron chi connectivity index (χ1n) is 6.02. The number of rotatable bonds is 4. The molecule has 94 valence electrons. The molecule has 0 aromatic rings. The number of hydrogen-bond acceptors (Lipinski definition) is 4. The van der Waals surface area contributed by atoms with Crippen molar-refractivity contribution in [2.75, 3.05) is 33.2 Å². The molecule has 5 heteroatoms.